The molecule has 1 fully saturated rings. The molecule has 0 radical (unpaired) electrons. The number of rotatable bonds is 4. The summed E-state index contributed by atoms with van der Waals surface area (Å²) in [5.41, 5.74) is 0.324. The van der Waals surface area contributed by atoms with Crippen LogP contribution in [0.2, 0.25) is 0 Å². The lowest BCUT2D eigenvalue weighted by Gasteiger charge is -2.32. The predicted octanol–water partition coefficient (Wildman–Crippen LogP) is 3.78. The highest BCUT2D eigenvalue weighted by Gasteiger charge is 2.52. The molecule has 2 aromatic carbocycles. The minimum atomic E-state index is -0.895. The molecule has 8 heteroatoms. The van der Waals surface area contributed by atoms with Gasteiger partial charge in [0.15, 0.2) is 0 Å². The van der Waals surface area contributed by atoms with E-state index in [1.54, 1.807) is 0 Å². The molecule has 3 rings (SSSR count). The second kappa shape index (κ2) is 6.37. The molecule has 0 spiro atoms. The van der Waals surface area contributed by atoms with Gasteiger partial charge < -0.3 is 14.6 Å². The van der Waals surface area contributed by atoms with Crippen molar-refractivity contribution in [2.45, 2.75) is 38.9 Å². The first-order valence-corrected chi connectivity index (χ1v) is 8.26. The summed E-state index contributed by atoms with van der Waals surface area (Å²) in [7, 11) is -0.577. The molecule has 1 heterocycles. The number of anilines is 2. The fourth-order valence-corrected chi connectivity index (χ4v) is 2.67. The molecule has 1 aliphatic heterocycles. The van der Waals surface area contributed by atoms with E-state index in [1.807, 2.05) is 52.0 Å². The summed E-state index contributed by atoms with van der Waals surface area (Å²) >= 11 is 0. The van der Waals surface area contributed by atoms with Crippen molar-refractivity contribution in [3.63, 3.8) is 0 Å². The topological polar surface area (TPSA) is 73.6 Å². The van der Waals surface area contributed by atoms with Gasteiger partial charge in [0.2, 0.25) is 5.82 Å². The van der Waals surface area contributed by atoms with E-state index in [-0.39, 0.29) is 0 Å². The summed E-state index contributed by atoms with van der Waals surface area (Å²) in [5.74, 6) is -0.895. The van der Waals surface area contributed by atoms with Crippen LogP contribution in [0.25, 0.3) is 0 Å². The predicted molar refractivity (Wildman–Crippen MR) is 98.5 cm³/mol. The molecular weight excluding hydrogens is 338 g/mol. The highest BCUT2D eigenvalue weighted by molar-refractivity contribution is 6.64. The third kappa shape index (κ3) is 3.30. The first-order chi connectivity index (χ1) is 12.1. The maximum Gasteiger partial charge on any atom is 0.496 e. The van der Waals surface area contributed by atoms with Gasteiger partial charge >= 0.3 is 12.8 Å². The molecule has 0 saturated carbocycles. The first kappa shape index (κ1) is 18.3. The molecule has 0 aromatic heterocycles. The molecule has 0 amide bonds. The minimum absolute atomic E-state index is 0.400. The summed E-state index contributed by atoms with van der Waals surface area (Å²) in [6, 6.07) is 11.1. The number of nitro benzene ring substituents is 1. The molecular formula is C18H20BFN2O4. The Balaban J connectivity index is 1.89. The van der Waals surface area contributed by atoms with Crippen molar-refractivity contribution in [2.24, 2.45) is 0 Å². The Morgan fingerprint density at radius 1 is 1.08 bits per heavy atom. The number of nitro groups is 1. The van der Waals surface area contributed by atoms with Gasteiger partial charge in [-0.15, -0.1) is 0 Å². The quantitative estimate of drug-likeness (QED) is 0.512. The van der Waals surface area contributed by atoms with Gasteiger partial charge in [0.1, 0.15) is 0 Å². The van der Waals surface area contributed by atoms with Gasteiger partial charge in [-0.1, -0.05) is 18.2 Å². The van der Waals surface area contributed by atoms with E-state index < -0.39 is 34.7 Å². The van der Waals surface area contributed by atoms with Crippen molar-refractivity contribution in [1.29, 1.82) is 0 Å². The third-order valence-corrected chi connectivity index (χ3v) is 4.89. The smallest absolute Gasteiger partial charge is 0.399 e. The molecule has 136 valence electrons. The largest absolute Gasteiger partial charge is 0.496 e. The summed E-state index contributed by atoms with van der Waals surface area (Å²) in [6.07, 6.45) is 0. The second-order valence-corrected chi connectivity index (χ2v) is 7.22. The molecule has 0 aliphatic carbocycles. The summed E-state index contributed by atoms with van der Waals surface area (Å²) in [5, 5.41) is 13.8. The molecule has 1 N–H and O–H groups in total. The van der Waals surface area contributed by atoms with Crippen LogP contribution < -0.4 is 10.8 Å². The fraction of sp³-hybridized carbons (Fsp3) is 0.333. The van der Waals surface area contributed by atoms with Gasteiger partial charge in [-0.3, -0.25) is 10.1 Å². The normalized spacial score (nSPS) is 18.0. The van der Waals surface area contributed by atoms with Crippen molar-refractivity contribution in [2.75, 3.05) is 5.32 Å². The van der Waals surface area contributed by atoms with Crippen LogP contribution in [0.1, 0.15) is 27.7 Å². The van der Waals surface area contributed by atoms with Crippen LogP contribution in [0, 0.1) is 15.9 Å². The van der Waals surface area contributed by atoms with E-state index in [4.69, 9.17) is 9.31 Å². The van der Waals surface area contributed by atoms with Gasteiger partial charge in [-0.05, 0) is 39.8 Å². The second-order valence-electron chi connectivity index (χ2n) is 7.22. The van der Waals surface area contributed by atoms with Crippen molar-refractivity contribution in [1.82, 2.24) is 0 Å². The molecule has 1 aliphatic rings. The standard InChI is InChI=1S/C18H20BFN2O4/c1-17(2)18(3,4)26-19(25-17)13-7-5-6-8-15(13)21-12-9-10-16(22(23)24)14(20)11-12/h5-11,21H,1-4H3. The van der Waals surface area contributed by atoms with Crippen LogP contribution in [-0.2, 0) is 9.31 Å². The maximum absolute atomic E-state index is 13.9. The lowest BCUT2D eigenvalue weighted by molar-refractivity contribution is -0.387. The zero-order valence-corrected chi connectivity index (χ0v) is 15.1. The average molecular weight is 358 g/mol. The number of nitrogens with zero attached hydrogens (tertiary/aromatic N) is 1. The van der Waals surface area contributed by atoms with E-state index in [1.165, 1.54) is 6.07 Å². The molecule has 26 heavy (non-hydrogen) atoms. The lowest BCUT2D eigenvalue weighted by Crippen LogP contribution is -2.41. The number of benzene rings is 2. The van der Waals surface area contributed by atoms with E-state index in [0.717, 1.165) is 17.6 Å². The van der Waals surface area contributed by atoms with Gasteiger partial charge in [0, 0.05) is 29.0 Å². The van der Waals surface area contributed by atoms with E-state index in [0.29, 0.717) is 11.4 Å². The van der Waals surface area contributed by atoms with Crippen LogP contribution in [0.5, 0.6) is 0 Å². The number of hydrogen-bond donors (Lipinski definition) is 1. The summed E-state index contributed by atoms with van der Waals surface area (Å²) in [6.45, 7) is 7.87. The van der Waals surface area contributed by atoms with E-state index in [2.05, 4.69) is 5.32 Å². The fourth-order valence-electron chi connectivity index (χ4n) is 2.67. The van der Waals surface area contributed by atoms with Crippen molar-refractivity contribution >= 4 is 29.6 Å². The lowest BCUT2D eigenvalue weighted by atomic mass is 9.77. The highest BCUT2D eigenvalue weighted by Crippen LogP contribution is 2.37. The van der Waals surface area contributed by atoms with Crippen LogP contribution in [-0.4, -0.2) is 23.2 Å². The average Bonchev–Trinajstić information content (AvgIpc) is 2.75. The van der Waals surface area contributed by atoms with Crippen molar-refractivity contribution in [3.8, 4) is 0 Å². The summed E-state index contributed by atoms with van der Waals surface area (Å²) < 4.78 is 26.0. The van der Waals surface area contributed by atoms with Gasteiger partial charge in [0.25, 0.3) is 0 Å². The third-order valence-electron chi connectivity index (χ3n) is 4.89. The van der Waals surface area contributed by atoms with Crippen LogP contribution in [0.15, 0.2) is 42.5 Å². The van der Waals surface area contributed by atoms with Gasteiger partial charge in [-0.25, -0.2) is 0 Å². The number of hydrogen-bond acceptors (Lipinski definition) is 5. The molecule has 1 saturated heterocycles. The molecule has 0 unspecified atom stereocenters. The Morgan fingerprint density at radius 3 is 2.27 bits per heavy atom. The Morgan fingerprint density at radius 2 is 1.69 bits per heavy atom. The Hall–Kier alpha value is -2.45. The molecule has 6 nitrogen and oxygen atoms in total. The molecule has 0 atom stereocenters. The SMILES string of the molecule is CC1(C)OB(c2ccccc2Nc2ccc([N+](=O)[O-])c(F)c2)OC1(C)C. The zero-order chi connectivity index (χ0) is 19.1. The Bertz CT molecular complexity index is 841. The summed E-state index contributed by atoms with van der Waals surface area (Å²) in [4.78, 5) is 10.0. The number of para-hydroxylation sites is 1. The van der Waals surface area contributed by atoms with Crippen LogP contribution >= 0.6 is 0 Å². The Kier molecular flexibility index (Phi) is 4.50. The Labute approximate surface area is 151 Å². The minimum Gasteiger partial charge on any atom is -0.399 e. The monoisotopic (exact) mass is 358 g/mol. The number of nitrogens with one attached hydrogen (secondary N) is 1. The number of halogens is 1. The van der Waals surface area contributed by atoms with E-state index in [9.17, 15) is 14.5 Å². The molecule has 0 bridgehead atoms. The molecule has 2 aromatic rings. The first-order valence-electron chi connectivity index (χ1n) is 8.26. The van der Waals surface area contributed by atoms with Crippen LogP contribution in [0.4, 0.5) is 21.5 Å². The van der Waals surface area contributed by atoms with Gasteiger partial charge in [0.05, 0.1) is 16.1 Å². The van der Waals surface area contributed by atoms with Crippen molar-refractivity contribution in [3.05, 3.63) is 58.4 Å². The van der Waals surface area contributed by atoms with Crippen LogP contribution in [0.3, 0.4) is 0 Å². The van der Waals surface area contributed by atoms with Crippen molar-refractivity contribution < 1.29 is 18.6 Å². The van der Waals surface area contributed by atoms with Gasteiger partial charge in [-0.2, -0.15) is 4.39 Å². The highest BCUT2D eigenvalue weighted by atomic mass is 19.1. The maximum atomic E-state index is 13.9. The van der Waals surface area contributed by atoms with E-state index >= 15 is 0 Å². The zero-order valence-electron chi connectivity index (χ0n) is 15.1.